The maximum absolute atomic E-state index is 12.0. The maximum Gasteiger partial charge on any atom is 0.220 e. The zero-order valence-corrected chi connectivity index (χ0v) is 13.1. The van der Waals surface area contributed by atoms with Crippen molar-refractivity contribution in [3.8, 4) is 0 Å². The molecule has 20 heavy (non-hydrogen) atoms. The van der Waals surface area contributed by atoms with Crippen LogP contribution in [0.4, 0.5) is 0 Å². The van der Waals surface area contributed by atoms with E-state index in [2.05, 4.69) is 15.4 Å². The van der Waals surface area contributed by atoms with Crippen LogP contribution in [0.25, 0.3) is 0 Å². The van der Waals surface area contributed by atoms with Crippen molar-refractivity contribution in [3.63, 3.8) is 0 Å². The molecule has 1 atom stereocenters. The molecule has 0 aromatic carbocycles. The zero-order chi connectivity index (χ0) is 14.7. The summed E-state index contributed by atoms with van der Waals surface area (Å²) in [5.41, 5.74) is 2.05. The Bertz CT molecular complexity index is 602. The first kappa shape index (κ1) is 14.7. The number of nitrogens with one attached hydrogen (secondary N) is 1. The summed E-state index contributed by atoms with van der Waals surface area (Å²) in [7, 11) is 1.87. The van der Waals surface area contributed by atoms with Gasteiger partial charge in [-0.25, -0.2) is 4.98 Å². The molecule has 0 aliphatic carbocycles. The molecule has 2 rings (SSSR count). The molecule has 2 aromatic heterocycles. The van der Waals surface area contributed by atoms with E-state index in [1.807, 2.05) is 34.0 Å². The first-order valence-corrected chi connectivity index (χ1v) is 7.48. The molecule has 2 aromatic rings. The van der Waals surface area contributed by atoms with E-state index in [0.717, 1.165) is 16.3 Å². The van der Waals surface area contributed by atoms with E-state index in [4.69, 9.17) is 0 Å². The van der Waals surface area contributed by atoms with Gasteiger partial charge in [0.05, 0.1) is 22.9 Å². The molecule has 0 aliphatic rings. The van der Waals surface area contributed by atoms with Crippen molar-refractivity contribution in [2.45, 2.75) is 39.7 Å². The lowest BCUT2D eigenvalue weighted by Gasteiger charge is -2.12. The van der Waals surface area contributed by atoms with Crippen molar-refractivity contribution in [3.05, 3.63) is 33.5 Å². The van der Waals surface area contributed by atoms with Crippen molar-refractivity contribution in [2.24, 2.45) is 7.05 Å². The van der Waals surface area contributed by atoms with Crippen LogP contribution in [0.3, 0.4) is 0 Å². The Hall–Kier alpha value is -1.69. The summed E-state index contributed by atoms with van der Waals surface area (Å²) in [5.74, 6) is 0.0476. The largest absolute Gasteiger partial charge is 0.348 e. The molecule has 0 bridgehead atoms. The lowest BCUT2D eigenvalue weighted by Crippen LogP contribution is -2.27. The quantitative estimate of drug-likeness (QED) is 0.920. The highest BCUT2D eigenvalue weighted by Gasteiger charge is 2.15. The van der Waals surface area contributed by atoms with Crippen LogP contribution in [-0.2, 0) is 18.3 Å². The van der Waals surface area contributed by atoms with Crippen LogP contribution in [0, 0.1) is 13.8 Å². The molecule has 5 nitrogen and oxygen atoms in total. The lowest BCUT2D eigenvalue weighted by atomic mass is 10.1. The second-order valence-electron chi connectivity index (χ2n) is 4.99. The highest BCUT2D eigenvalue weighted by Crippen LogP contribution is 2.22. The van der Waals surface area contributed by atoms with E-state index in [1.165, 1.54) is 4.88 Å². The number of thiazole rings is 1. The van der Waals surface area contributed by atoms with Gasteiger partial charge in [0.1, 0.15) is 0 Å². The molecular weight excluding hydrogens is 272 g/mol. The Morgan fingerprint density at radius 3 is 2.80 bits per heavy atom. The average molecular weight is 292 g/mol. The van der Waals surface area contributed by atoms with Crippen molar-refractivity contribution >= 4 is 17.2 Å². The van der Waals surface area contributed by atoms with Gasteiger partial charge in [0.25, 0.3) is 0 Å². The van der Waals surface area contributed by atoms with E-state index in [9.17, 15) is 4.79 Å². The van der Waals surface area contributed by atoms with Gasteiger partial charge in [0, 0.05) is 24.5 Å². The molecule has 0 saturated carbocycles. The Balaban J connectivity index is 1.86. The minimum absolute atomic E-state index is 0.0404. The number of aryl methyl sites for hydroxylation is 4. The number of nitrogens with zero attached hydrogens (tertiary/aromatic N) is 3. The van der Waals surface area contributed by atoms with E-state index >= 15 is 0 Å². The van der Waals surface area contributed by atoms with Crippen LogP contribution in [-0.4, -0.2) is 20.7 Å². The highest BCUT2D eigenvalue weighted by atomic mass is 32.1. The Morgan fingerprint density at radius 2 is 2.25 bits per heavy atom. The van der Waals surface area contributed by atoms with Crippen molar-refractivity contribution in [1.29, 1.82) is 0 Å². The number of amides is 1. The van der Waals surface area contributed by atoms with Gasteiger partial charge in [-0.3, -0.25) is 9.48 Å². The Kier molecular flexibility index (Phi) is 4.54. The molecule has 0 aliphatic heterocycles. The summed E-state index contributed by atoms with van der Waals surface area (Å²) in [4.78, 5) is 17.6. The summed E-state index contributed by atoms with van der Waals surface area (Å²) in [6, 6.07) is -0.0404. The molecule has 0 radical (unpaired) electrons. The normalized spacial score (nSPS) is 12.4. The second-order valence-corrected chi connectivity index (χ2v) is 6.39. The monoisotopic (exact) mass is 292 g/mol. The summed E-state index contributed by atoms with van der Waals surface area (Å²) in [6.45, 7) is 6.00. The predicted octanol–water partition coefficient (Wildman–Crippen LogP) is 2.30. The summed E-state index contributed by atoms with van der Waals surface area (Å²) in [5, 5.41) is 8.14. The van der Waals surface area contributed by atoms with Gasteiger partial charge in [-0.2, -0.15) is 5.10 Å². The predicted molar refractivity (Wildman–Crippen MR) is 79.7 cm³/mol. The average Bonchev–Trinajstić information content (AvgIpc) is 2.92. The van der Waals surface area contributed by atoms with Crippen molar-refractivity contribution in [2.75, 3.05) is 0 Å². The minimum atomic E-state index is -0.0404. The standard InChI is InChI=1S/C14H20N4OS/c1-9(14-10(2)20-11(3)17-14)16-13(19)6-5-12-7-15-18(4)8-12/h7-9H,5-6H2,1-4H3,(H,16,19). The van der Waals surface area contributed by atoms with Gasteiger partial charge >= 0.3 is 0 Å². The van der Waals surface area contributed by atoms with Gasteiger partial charge in [-0.1, -0.05) is 0 Å². The van der Waals surface area contributed by atoms with Gasteiger partial charge in [0.2, 0.25) is 5.91 Å². The van der Waals surface area contributed by atoms with Gasteiger partial charge < -0.3 is 5.32 Å². The third-order valence-electron chi connectivity index (χ3n) is 3.13. The van der Waals surface area contributed by atoms with E-state index in [0.29, 0.717) is 12.8 Å². The molecule has 1 amide bonds. The van der Waals surface area contributed by atoms with Crippen LogP contribution >= 0.6 is 11.3 Å². The smallest absolute Gasteiger partial charge is 0.220 e. The van der Waals surface area contributed by atoms with E-state index < -0.39 is 0 Å². The first-order valence-electron chi connectivity index (χ1n) is 6.66. The molecule has 0 saturated heterocycles. The van der Waals surface area contributed by atoms with Crippen LogP contribution in [0.5, 0.6) is 0 Å². The number of rotatable bonds is 5. The van der Waals surface area contributed by atoms with Gasteiger partial charge in [0.15, 0.2) is 0 Å². The van der Waals surface area contributed by atoms with Gasteiger partial charge in [-0.15, -0.1) is 11.3 Å². The number of hydrogen-bond acceptors (Lipinski definition) is 4. The molecule has 0 spiro atoms. The summed E-state index contributed by atoms with van der Waals surface area (Å²) < 4.78 is 1.75. The summed E-state index contributed by atoms with van der Waals surface area (Å²) in [6.07, 6.45) is 4.91. The SMILES string of the molecule is Cc1nc(C(C)NC(=O)CCc2cnn(C)c2)c(C)s1. The summed E-state index contributed by atoms with van der Waals surface area (Å²) >= 11 is 1.66. The zero-order valence-electron chi connectivity index (χ0n) is 12.3. The van der Waals surface area contributed by atoms with Gasteiger partial charge in [-0.05, 0) is 32.8 Å². The number of aromatic nitrogens is 3. The topological polar surface area (TPSA) is 59.8 Å². The molecule has 108 valence electrons. The van der Waals surface area contributed by atoms with Crippen LogP contribution in [0.1, 0.15) is 40.5 Å². The Labute approximate surface area is 123 Å². The molecular formula is C14H20N4OS. The first-order chi connectivity index (χ1) is 9.45. The van der Waals surface area contributed by atoms with Crippen LogP contribution < -0.4 is 5.32 Å². The number of hydrogen-bond donors (Lipinski definition) is 1. The molecule has 1 unspecified atom stereocenters. The highest BCUT2D eigenvalue weighted by molar-refractivity contribution is 7.11. The fourth-order valence-corrected chi connectivity index (χ4v) is 3.10. The fraction of sp³-hybridized carbons (Fsp3) is 0.500. The van der Waals surface area contributed by atoms with E-state index in [1.54, 1.807) is 22.2 Å². The van der Waals surface area contributed by atoms with Crippen molar-refractivity contribution in [1.82, 2.24) is 20.1 Å². The van der Waals surface area contributed by atoms with E-state index in [-0.39, 0.29) is 11.9 Å². The maximum atomic E-state index is 12.0. The fourth-order valence-electron chi connectivity index (χ4n) is 2.19. The molecule has 6 heteroatoms. The number of carbonyl (C=O) groups is 1. The minimum Gasteiger partial charge on any atom is -0.348 e. The lowest BCUT2D eigenvalue weighted by molar-refractivity contribution is -0.121. The Morgan fingerprint density at radius 1 is 1.50 bits per heavy atom. The van der Waals surface area contributed by atoms with Crippen LogP contribution in [0.2, 0.25) is 0 Å². The molecule has 2 heterocycles. The molecule has 0 fully saturated rings. The third-order valence-corrected chi connectivity index (χ3v) is 4.03. The number of carbonyl (C=O) groups excluding carboxylic acids is 1. The van der Waals surface area contributed by atoms with Crippen LogP contribution in [0.15, 0.2) is 12.4 Å². The molecule has 1 N–H and O–H groups in total. The van der Waals surface area contributed by atoms with Crippen molar-refractivity contribution < 1.29 is 4.79 Å². The third kappa shape index (κ3) is 3.66. The second kappa shape index (κ2) is 6.17.